The molecule has 0 unspecified atom stereocenters. The van der Waals surface area contributed by atoms with E-state index in [1.54, 1.807) is 19.3 Å². The van der Waals surface area contributed by atoms with E-state index in [-0.39, 0.29) is 23.7 Å². The molecule has 0 saturated heterocycles. The molecule has 2 N–H and O–H groups in total. The van der Waals surface area contributed by atoms with Crippen molar-refractivity contribution in [2.45, 2.75) is 70.7 Å². The molecule has 3 aromatic rings. The topological polar surface area (TPSA) is 92.7 Å². The summed E-state index contributed by atoms with van der Waals surface area (Å²) in [6.07, 6.45) is 4.33. The molecule has 2 aromatic carbocycles. The van der Waals surface area contributed by atoms with E-state index in [0.717, 1.165) is 48.1 Å². The van der Waals surface area contributed by atoms with Crippen LogP contribution >= 0.6 is 0 Å². The number of amides is 3. The summed E-state index contributed by atoms with van der Waals surface area (Å²) in [4.78, 5) is 39.7. The highest BCUT2D eigenvalue weighted by atomic mass is 16.6. The lowest BCUT2D eigenvalue weighted by atomic mass is 9.90. The molecule has 0 bridgehead atoms. The Hall–Kier alpha value is -4.07. The molecule has 39 heavy (non-hydrogen) atoms. The van der Waals surface area contributed by atoms with Crippen LogP contribution in [0.1, 0.15) is 52.0 Å². The first kappa shape index (κ1) is 28.0. The van der Waals surface area contributed by atoms with Gasteiger partial charge in [0.25, 0.3) is 5.56 Å². The van der Waals surface area contributed by atoms with E-state index in [9.17, 15) is 14.4 Å². The number of ether oxygens (including phenoxy) is 1. The number of pyridine rings is 1. The number of hydrogen-bond donors (Lipinski definition) is 2. The normalized spacial score (nSPS) is 17.2. The lowest BCUT2D eigenvalue weighted by Gasteiger charge is -2.37. The number of nitrogens with zero attached hydrogens (tertiary/aromatic N) is 2. The van der Waals surface area contributed by atoms with Crippen LogP contribution in [0.2, 0.25) is 0 Å². The summed E-state index contributed by atoms with van der Waals surface area (Å²) in [5, 5.41) is 6.05. The Morgan fingerprint density at radius 2 is 1.62 bits per heavy atom. The van der Waals surface area contributed by atoms with E-state index < -0.39 is 11.7 Å². The minimum atomic E-state index is -0.548. The van der Waals surface area contributed by atoms with E-state index in [1.165, 1.54) is 4.57 Å². The monoisotopic (exact) mass is 530 g/mol. The average Bonchev–Trinajstić information content (AvgIpc) is 2.90. The largest absolute Gasteiger partial charge is 0.444 e. The third-order valence-electron chi connectivity index (χ3n) is 6.87. The first-order valence-corrected chi connectivity index (χ1v) is 13.5. The Morgan fingerprint density at radius 1 is 0.949 bits per heavy atom. The van der Waals surface area contributed by atoms with Crippen molar-refractivity contribution in [1.29, 1.82) is 0 Å². The molecule has 0 aliphatic heterocycles. The van der Waals surface area contributed by atoms with E-state index >= 15 is 0 Å². The van der Waals surface area contributed by atoms with Gasteiger partial charge in [-0.25, -0.2) is 9.59 Å². The maximum atomic E-state index is 13.6. The third kappa shape index (κ3) is 7.72. The Morgan fingerprint density at radius 3 is 2.23 bits per heavy atom. The number of hydrogen-bond acceptors (Lipinski definition) is 4. The minimum Gasteiger partial charge on any atom is -0.444 e. The van der Waals surface area contributed by atoms with Gasteiger partial charge in [0.1, 0.15) is 5.60 Å². The number of anilines is 1. The Kier molecular flexibility index (Phi) is 8.74. The Labute approximate surface area is 230 Å². The zero-order chi connectivity index (χ0) is 28.0. The van der Waals surface area contributed by atoms with Gasteiger partial charge in [0.2, 0.25) is 0 Å². The number of urea groups is 1. The molecule has 0 spiro atoms. The fourth-order valence-electron chi connectivity index (χ4n) is 4.85. The molecule has 1 aromatic heterocycles. The molecule has 1 fully saturated rings. The van der Waals surface area contributed by atoms with Gasteiger partial charge in [0.15, 0.2) is 0 Å². The van der Waals surface area contributed by atoms with Crippen molar-refractivity contribution in [1.82, 2.24) is 15.2 Å². The first-order chi connectivity index (χ1) is 18.6. The van der Waals surface area contributed by atoms with Crippen molar-refractivity contribution >= 4 is 17.8 Å². The third-order valence-corrected chi connectivity index (χ3v) is 6.87. The number of carbonyl (C=O) groups excluding carboxylic acids is 2. The van der Waals surface area contributed by atoms with Crippen LogP contribution in [-0.4, -0.2) is 34.4 Å². The van der Waals surface area contributed by atoms with Crippen molar-refractivity contribution < 1.29 is 14.3 Å². The van der Waals surface area contributed by atoms with E-state index in [0.29, 0.717) is 6.54 Å². The molecule has 8 heteroatoms. The number of benzene rings is 2. The SMILES string of the molecule is Cn1ccc(-c2ccc(N(C(=O)NCc3ccccc3)[C@H]3CC[C@H](NC(=O)OC(C)(C)C)CC3)cc2)cc1=O. The van der Waals surface area contributed by atoms with Gasteiger partial charge in [-0.05, 0) is 81.3 Å². The smallest absolute Gasteiger partial charge is 0.407 e. The van der Waals surface area contributed by atoms with Crippen molar-refractivity contribution in [2.75, 3.05) is 4.90 Å². The molecule has 0 atom stereocenters. The highest BCUT2D eigenvalue weighted by Gasteiger charge is 2.31. The van der Waals surface area contributed by atoms with Gasteiger partial charge >= 0.3 is 12.1 Å². The number of nitrogens with one attached hydrogen (secondary N) is 2. The highest BCUT2D eigenvalue weighted by molar-refractivity contribution is 5.93. The molecule has 1 aliphatic carbocycles. The van der Waals surface area contributed by atoms with Gasteiger partial charge in [-0.3, -0.25) is 9.69 Å². The number of aryl methyl sites for hydroxylation is 1. The van der Waals surface area contributed by atoms with Gasteiger partial charge in [0, 0.05) is 43.6 Å². The van der Waals surface area contributed by atoms with Crippen LogP contribution in [0.15, 0.2) is 77.7 Å². The fourth-order valence-corrected chi connectivity index (χ4v) is 4.85. The van der Waals surface area contributed by atoms with Gasteiger partial charge in [-0.2, -0.15) is 0 Å². The summed E-state index contributed by atoms with van der Waals surface area (Å²) < 4.78 is 6.94. The summed E-state index contributed by atoms with van der Waals surface area (Å²) in [6, 6.07) is 20.9. The zero-order valence-electron chi connectivity index (χ0n) is 23.1. The molecule has 3 amide bonds. The lowest BCUT2D eigenvalue weighted by Crippen LogP contribution is -2.50. The van der Waals surface area contributed by atoms with Gasteiger partial charge < -0.3 is 19.9 Å². The van der Waals surface area contributed by atoms with Gasteiger partial charge in [0.05, 0.1) is 0 Å². The first-order valence-electron chi connectivity index (χ1n) is 13.5. The minimum absolute atomic E-state index is 0.00778. The van der Waals surface area contributed by atoms with Crippen LogP contribution in [0.3, 0.4) is 0 Å². The zero-order valence-corrected chi connectivity index (χ0v) is 23.1. The average molecular weight is 531 g/mol. The van der Waals surface area contributed by atoms with Gasteiger partial charge in [-0.1, -0.05) is 42.5 Å². The molecule has 1 aliphatic rings. The Bertz CT molecular complexity index is 1320. The van der Waals surface area contributed by atoms with Crippen molar-refractivity contribution in [3.8, 4) is 11.1 Å². The van der Waals surface area contributed by atoms with Crippen LogP contribution in [0.5, 0.6) is 0 Å². The van der Waals surface area contributed by atoms with E-state index in [4.69, 9.17) is 4.74 Å². The molecule has 1 heterocycles. The number of alkyl carbamates (subject to hydrolysis) is 1. The van der Waals surface area contributed by atoms with Crippen molar-refractivity contribution in [2.24, 2.45) is 7.05 Å². The number of rotatable bonds is 6. The van der Waals surface area contributed by atoms with Gasteiger partial charge in [-0.15, -0.1) is 0 Å². The molecule has 4 rings (SSSR count). The standard InChI is InChI=1S/C31H38N4O4/c1-31(2,3)39-30(38)33-25-12-16-27(17-13-25)35(29(37)32-21-22-8-6-5-7-9-22)26-14-10-23(11-15-26)24-18-19-34(4)28(36)20-24/h5-11,14-15,18-20,25,27H,12-13,16-17,21H2,1-4H3,(H,32,37)(H,33,38)/t25-,27-. The van der Waals surface area contributed by atoms with Crippen LogP contribution in [-0.2, 0) is 18.3 Å². The van der Waals surface area contributed by atoms with Crippen LogP contribution in [0.25, 0.3) is 11.1 Å². The molecular formula is C31H38N4O4. The summed E-state index contributed by atoms with van der Waals surface area (Å²) in [7, 11) is 1.72. The summed E-state index contributed by atoms with van der Waals surface area (Å²) >= 11 is 0. The molecular weight excluding hydrogens is 492 g/mol. The second-order valence-electron chi connectivity index (χ2n) is 11.1. The second-order valence-corrected chi connectivity index (χ2v) is 11.1. The van der Waals surface area contributed by atoms with Crippen LogP contribution in [0.4, 0.5) is 15.3 Å². The summed E-state index contributed by atoms with van der Waals surface area (Å²) in [5.41, 5.74) is 2.93. The predicted molar refractivity (Wildman–Crippen MR) is 154 cm³/mol. The number of aromatic nitrogens is 1. The van der Waals surface area contributed by atoms with Crippen molar-refractivity contribution in [3.63, 3.8) is 0 Å². The summed E-state index contributed by atoms with van der Waals surface area (Å²) in [5.74, 6) is 0. The van der Waals surface area contributed by atoms with Crippen LogP contribution in [0, 0.1) is 0 Å². The lowest BCUT2D eigenvalue weighted by molar-refractivity contribution is 0.0491. The summed E-state index contributed by atoms with van der Waals surface area (Å²) in [6.45, 7) is 5.96. The number of carbonyl (C=O) groups is 2. The Balaban J connectivity index is 1.49. The fraction of sp³-hybridized carbons (Fsp3) is 0.387. The molecule has 1 saturated carbocycles. The predicted octanol–water partition coefficient (Wildman–Crippen LogP) is 5.60. The maximum Gasteiger partial charge on any atom is 0.407 e. The highest BCUT2D eigenvalue weighted by Crippen LogP contribution is 2.30. The molecule has 8 nitrogen and oxygen atoms in total. The van der Waals surface area contributed by atoms with E-state index in [2.05, 4.69) is 10.6 Å². The van der Waals surface area contributed by atoms with Crippen LogP contribution < -0.4 is 21.1 Å². The van der Waals surface area contributed by atoms with E-state index in [1.807, 2.05) is 86.3 Å². The second kappa shape index (κ2) is 12.2. The quantitative estimate of drug-likeness (QED) is 0.434. The molecule has 206 valence electrons. The molecule has 0 radical (unpaired) electrons. The maximum absolute atomic E-state index is 13.6. The van der Waals surface area contributed by atoms with Crippen molar-refractivity contribution in [3.05, 3.63) is 88.8 Å².